The third kappa shape index (κ3) is 4.09. The van der Waals surface area contributed by atoms with Crippen LogP contribution in [0.5, 0.6) is 5.75 Å². The van der Waals surface area contributed by atoms with Gasteiger partial charge in [0.2, 0.25) is 5.91 Å². The number of carbonyl (C=O) groups is 2. The van der Waals surface area contributed by atoms with Crippen LogP contribution in [-0.4, -0.2) is 41.4 Å². The molecule has 29 heavy (non-hydrogen) atoms. The molecule has 1 saturated heterocycles. The molecule has 0 bridgehead atoms. The largest absolute Gasteiger partial charge is 0.496 e. The Morgan fingerprint density at radius 2 is 1.90 bits per heavy atom. The Labute approximate surface area is 169 Å². The number of hydrogen-bond acceptors (Lipinski definition) is 5. The van der Waals surface area contributed by atoms with Gasteiger partial charge in [0.1, 0.15) is 18.3 Å². The summed E-state index contributed by atoms with van der Waals surface area (Å²) in [7, 11) is 1.60. The predicted molar refractivity (Wildman–Crippen MR) is 108 cm³/mol. The molecule has 2 amide bonds. The summed E-state index contributed by atoms with van der Waals surface area (Å²) in [6, 6.07) is 17.3. The highest BCUT2D eigenvalue weighted by molar-refractivity contribution is 5.89. The van der Waals surface area contributed by atoms with E-state index in [0.29, 0.717) is 13.0 Å². The van der Waals surface area contributed by atoms with Gasteiger partial charge in [-0.15, -0.1) is 0 Å². The molecule has 2 aliphatic heterocycles. The number of para-hydroxylation sites is 1. The smallest absolute Gasteiger partial charge is 0.251 e. The molecule has 2 heterocycles. The number of hydrazine groups is 1. The number of benzene rings is 2. The first kappa shape index (κ1) is 19.0. The van der Waals surface area contributed by atoms with E-state index in [1.165, 1.54) is 4.90 Å². The zero-order valence-electron chi connectivity index (χ0n) is 16.2. The second-order valence-electron chi connectivity index (χ2n) is 7.10. The van der Waals surface area contributed by atoms with Gasteiger partial charge in [-0.3, -0.25) is 9.59 Å². The minimum absolute atomic E-state index is 0.00910. The van der Waals surface area contributed by atoms with Gasteiger partial charge in [-0.1, -0.05) is 48.5 Å². The minimum atomic E-state index is -0.313. The van der Waals surface area contributed by atoms with Gasteiger partial charge in [0, 0.05) is 24.5 Å². The van der Waals surface area contributed by atoms with E-state index < -0.39 is 0 Å². The summed E-state index contributed by atoms with van der Waals surface area (Å²) >= 11 is 0. The normalized spacial score (nSPS) is 20.5. The van der Waals surface area contributed by atoms with Crippen LogP contribution in [0.2, 0.25) is 0 Å². The molecular formula is C22H24N4O3. The number of hydrogen-bond donors (Lipinski definition) is 2. The van der Waals surface area contributed by atoms with Gasteiger partial charge in [-0.25, -0.2) is 5.43 Å². The molecule has 1 fully saturated rings. The minimum Gasteiger partial charge on any atom is -0.496 e. The molecular weight excluding hydrogens is 368 g/mol. The van der Waals surface area contributed by atoms with Crippen molar-refractivity contribution in [1.82, 2.24) is 20.7 Å². The van der Waals surface area contributed by atoms with Crippen molar-refractivity contribution in [3.8, 4) is 5.75 Å². The summed E-state index contributed by atoms with van der Waals surface area (Å²) in [6.45, 7) is 0.340. The van der Waals surface area contributed by atoms with Gasteiger partial charge in [0.15, 0.2) is 0 Å². The number of carbonyl (C=O) groups excluding carboxylic acids is 2. The lowest BCUT2D eigenvalue weighted by Crippen LogP contribution is -2.50. The van der Waals surface area contributed by atoms with Gasteiger partial charge in [-0.05, 0) is 18.1 Å². The Kier molecular flexibility index (Phi) is 5.48. The molecule has 0 spiro atoms. The Balaban J connectivity index is 1.34. The fourth-order valence-corrected chi connectivity index (χ4v) is 3.72. The highest BCUT2D eigenvalue weighted by Gasteiger charge is 2.40. The molecule has 0 radical (unpaired) electrons. The lowest BCUT2D eigenvalue weighted by molar-refractivity contribution is -0.138. The van der Waals surface area contributed by atoms with Crippen LogP contribution in [0.15, 0.2) is 67.0 Å². The Bertz CT molecular complexity index is 915. The second kappa shape index (κ2) is 8.36. The van der Waals surface area contributed by atoms with Crippen LogP contribution in [0.1, 0.15) is 23.6 Å². The molecule has 2 unspecified atom stereocenters. The van der Waals surface area contributed by atoms with E-state index in [0.717, 1.165) is 16.9 Å². The summed E-state index contributed by atoms with van der Waals surface area (Å²) in [6.07, 6.45) is 4.14. The maximum absolute atomic E-state index is 12.9. The van der Waals surface area contributed by atoms with Crippen molar-refractivity contribution < 1.29 is 14.3 Å². The molecule has 2 aromatic rings. The zero-order valence-corrected chi connectivity index (χ0v) is 16.2. The Morgan fingerprint density at radius 1 is 1.14 bits per heavy atom. The molecule has 2 aromatic carbocycles. The SMILES string of the molecule is COc1ccccc1CNC(=O)CN1C=CN2NC(c3ccccc3)CC2C1=O. The lowest BCUT2D eigenvalue weighted by Gasteiger charge is -2.31. The summed E-state index contributed by atoms with van der Waals surface area (Å²) in [5.41, 5.74) is 5.39. The highest BCUT2D eigenvalue weighted by Crippen LogP contribution is 2.30. The number of methoxy groups -OCH3 is 1. The summed E-state index contributed by atoms with van der Waals surface area (Å²) in [4.78, 5) is 26.8. The molecule has 2 N–H and O–H groups in total. The van der Waals surface area contributed by atoms with Crippen molar-refractivity contribution >= 4 is 11.8 Å². The first-order valence-electron chi connectivity index (χ1n) is 9.62. The van der Waals surface area contributed by atoms with E-state index >= 15 is 0 Å². The fourth-order valence-electron chi connectivity index (χ4n) is 3.72. The van der Waals surface area contributed by atoms with Crippen LogP contribution in [-0.2, 0) is 16.1 Å². The van der Waals surface area contributed by atoms with Gasteiger partial charge in [0.05, 0.1) is 13.2 Å². The van der Waals surface area contributed by atoms with Crippen molar-refractivity contribution in [2.45, 2.75) is 25.0 Å². The average Bonchev–Trinajstić information content (AvgIpc) is 3.20. The van der Waals surface area contributed by atoms with E-state index in [2.05, 4.69) is 10.7 Å². The van der Waals surface area contributed by atoms with Crippen molar-refractivity contribution in [1.29, 1.82) is 0 Å². The van der Waals surface area contributed by atoms with Crippen LogP contribution in [0, 0.1) is 0 Å². The van der Waals surface area contributed by atoms with Crippen LogP contribution in [0.4, 0.5) is 0 Å². The third-order valence-corrected chi connectivity index (χ3v) is 5.26. The molecule has 0 saturated carbocycles. The number of ether oxygens (including phenoxy) is 1. The van der Waals surface area contributed by atoms with Crippen LogP contribution in [0.3, 0.4) is 0 Å². The van der Waals surface area contributed by atoms with Gasteiger partial charge in [0.25, 0.3) is 5.91 Å². The summed E-state index contributed by atoms with van der Waals surface area (Å²) < 4.78 is 5.30. The van der Waals surface area contributed by atoms with E-state index in [9.17, 15) is 9.59 Å². The summed E-state index contributed by atoms with van der Waals surface area (Å²) in [5, 5.41) is 4.70. The van der Waals surface area contributed by atoms with Crippen molar-refractivity contribution in [2.75, 3.05) is 13.7 Å². The standard InChI is InChI=1S/C22H24N4O3/c1-29-20-10-6-5-9-17(20)14-23-21(27)15-25-11-12-26-19(22(25)28)13-18(24-26)16-7-3-2-4-8-16/h2-12,18-19,24H,13-15H2,1H3,(H,23,27). The molecule has 0 aliphatic carbocycles. The Hall–Kier alpha value is -3.32. The number of nitrogens with one attached hydrogen (secondary N) is 2. The first-order valence-corrected chi connectivity index (χ1v) is 9.62. The molecule has 0 aromatic heterocycles. The molecule has 7 nitrogen and oxygen atoms in total. The van der Waals surface area contributed by atoms with Crippen LogP contribution >= 0.6 is 0 Å². The third-order valence-electron chi connectivity index (χ3n) is 5.26. The Morgan fingerprint density at radius 3 is 2.69 bits per heavy atom. The molecule has 4 rings (SSSR count). The van der Waals surface area contributed by atoms with Gasteiger partial charge >= 0.3 is 0 Å². The number of amides is 2. The van der Waals surface area contributed by atoms with Gasteiger partial charge < -0.3 is 20.0 Å². The van der Waals surface area contributed by atoms with Crippen LogP contribution < -0.4 is 15.5 Å². The van der Waals surface area contributed by atoms with Crippen LogP contribution in [0.25, 0.3) is 0 Å². The summed E-state index contributed by atoms with van der Waals surface area (Å²) in [5.74, 6) is 0.431. The molecule has 7 heteroatoms. The van der Waals surface area contributed by atoms with Crippen molar-refractivity contribution in [3.05, 3.63) is 78.1 Å². The average molecular weight is 392 g/mol. The predicted octanol–water partition coefficient (Wildman–Crippen LogP) is 1.94. The molecule has 2 aliphatic rings. The second-order valence-corrected chi connectivity index (χ2v) is 7.10. The first-order chi connectivity index (χ1) is 14.2. The zero-order chi connectivity index (χ0) is 20.2. The van der Waals surface area contributed by atoms with E-state index in [4.69, 9.17) is 4.74 Å². The monoisotopic (exact) mass is 392 g/mol. The van der Waals surface area contributed by atoms with E-state index in [1.807, 2.05) is 65.8 Å². The number of fused-ring (bicyclic) bond motifs is 1. The fraction of sp³-hybridized carbons (Fsp3) is 0.273. The lowest BCUT2D eigenvalue weighted by atomic mass is 10.0. The van der Waals surface area contributed by atoms with Crippen molar-refractivity contribution in [2.24, 2.45) is 0 Å². The highest BCUT2D eigenvalue weighted by atomic mass is 16.5. The van der Waals surface area contributed by atoms with E-state index in [-0.39, 0.29) is 30.4 Å². The van der Waals surface area contributed by atoms with E-state index in [1.54, 1.807) is 13.3 Å². The number of nitrogens with zero attached hydrogens (tertiary/aromatic N) is 2. The quantitative estimate of drug-likeness (QED) is 0.786. The van der Waals surface area contributed by atoms with Crippen molar-refractivity contribution in [3.63, 3.8) is 0 Å². The topological polar surface area (TPSA) is 73.9 Å². The maximum atomic E-state index is 12.9. The van der Waals surface area contributed by atoms with Gasteiger partial charge in [-0.2, -0.15) is 0 Å². The number of rotatable bonds is 6. The maximum Gasteiger partial charge on any atom is 0.251 e. The molecule has 2 atom stereocenters. The molecule has 150 valence electrons.